The summed E-state index contributed by atoms with van der Waals surface area (Å²) in [5.74, 6) is -0.00761. The predicted molar refractivity (Wildman–Crippen MR) is 76.3 cm³/mol. The average Bonchev–Trinajstić information content (AvgIpc) is 2.48. The Morgan fingerprint density at radius 1 is 1.05 bits per heavy atom. The second-order valence-corrected chi connectivity index (χ2v) is 4.78. The van der Waals surface area contributed by atoms with Crippen molar-refractivity contribution in [2.24, 2.45) is 0 Å². The van der Waals surface area contributed by atoms with Crippen LogP contribution in [0.25, 0.3) is 0 Å². The highest BCUT2D eigenvalue weighted by atomic mass is 16.1. The van der Waals surface area contributed by atoms with Crippen LogP contribution in [-0.2, 0) is 6.42 Å². The van der Waals surface area contributed by atoms with Crippen LogP contribution in [0.15, 0.2) is 54.6 Å². The number of benzene rings is 2. The van der Waals surface area contributed by atoms with Gasteiger partial charge in [-0.15, -0.1) is 0 Å². The fourth-order valence-corrected chi connectivity index (χ4v) is 2.40. The summed E-state index contributed by atoms with van der Waals surface area (Å²) in [5, 5.41) is 6.43. The summed E-state index contributed by atoms with van der Waals surface area (Å²) in [4.78, 5) is 12.1. The third-order valence-corrected chi connectivity index (χ3v) is 3.39. The van der Waals surface area contributed by atoms with Crippen molar-refractivity contribution in [3.8, 4) is 0 Å². The number of rotatable bonds is 2. The Balaban J connectivity index is 1.68. The molecular formula is C16H16N2O. The van der Waals surface area contributed by atoms with Crippen LogP contribution in [0.5, 0.6) is 0 Å². The minimum Gasteiger partial charge on any atom is -0.383 e. The molecule has 0 fully saturated rings. The molecule has 2 aromatic rings. The van der Waals surface area contributed by atoms with Crippen molar-refractivity contribution in [2.75, 3.05) is 11.9 Å². The molecule has 0 saturated carbocycles. The van der Waals surface area contributed by atoms with E-state index in [2.05, 4.69) is 22.8 Å². The maximum Gasteiger partial charge on any atom is 0.251 e. The maximum atomic E-state index is 12.1. The van der Waals surface area contributed by atoms with Gasteiger partial charge in [0.1, 0.15) is 0 Å². The minimum atomic E-state index is -0.00761. The highest BCUT2D eigenvalue weighted by Gasteiger charge is 2.19. The molecule has 0 aromatic heterocycles. The molecule has 1 amide bonds. The van der Waals surface area contributed by atoms with Crippen LogP contribution < -0.4 is 10.6 Å². The molecule has 1 unspecified atom stereocenters. The molecule has 0 saturated heterocycles. The Morgan fingerprint density at radius 2 is 1.79 bits per heavy atom. The van der Waals surface area contributed by atoms with Gasteiger partial charge in [-0.25, -0.2) is 0 Å². The predicted octanol–water partition coefficient (Wildman–Crippen LogP) is 2.45. The van der Waals surface area contributed by atoms with Crippen LogP contribution >= 0.6 is 0 Å². The zero-order valence-electron chi connectivity index (χ0n) is 10.6. The monoisotopic (exact) mass is 252 g/mol. The number of fused-ring (bicyclic) bond motifs is 1. The summed E-state index contributed by atoms with van der Waals surface area (Å²) in [7, 11) is 0. The van der Waals surface area contributed by atoms with Gasteiger partial charge in [-0.05, 0) is 30.2 Å². The molecule has 0 bridgehead atoms. The Labute approximate surface area is 112 Å². The molecule has 2 N–H and O–H groups in total. The summed E-state index contributed by atoms with van der Waals surface area (Å²) < 4.78 is 0. The van der Waals surface area contributed by atoms with E-state index in [4.69, 9.17) is 0 Å². The van der Waals surface area contributed by atoms with Gasteiger partial charge >= 0.3 is 0 Å². The van der Waals surface area contributed by atoms with Gasteiger partial charge in [0, 0.05) is 17.8 Å². The van der Waals surface area contributed by atoms with E-state index in [0.29, 0.717) is 5.56 Å². The molecule has 0 aliphatic carbocycles. The molecular weight excluding hydrogens is 236 g/mol. The van der Waals surface area contributed by atoms with Crippen LogP contribution in [0.1, 0.15) is 15.9 Å². The zero-order chi connectivity index (χ0) is 13.1. The van der Waals surface area contributed by atoms with Crippen molar-refractivity contribution in [3.05, 3.63) is 65.7 Å². The molecule has 96 valence electrons. The van der Waals surface area contributed by atoms with E-state index in [1.165, 1.54) is 11.3 Å². The van der Waals surface area contributed by atoms with E-state index in [9.17, 15) is 4.79 Å². The molecule has 1 aliphatic heterocycles. The Morgan fingerprint density at radius 3 is 2.63 bits per heavy atom. The van der Waals surface area contributed by atoms with E-state index in [-0.39, 0.29) is 11.9 Å². The van der Waals surface area contributed by atoms with Crippen LogP contribution in [0.4, 0.5) is 5.69 Å². The summed E-state index contributed by atoms with van der Waals surface area (Å²) in [6, 6.07) is 17.7. The van der Waals surface area contributed by atoms with Gasteiger partial charge in [0.25, 0.3) is 5.91 Å². The molecule has 3 nitrogen and oxygen atoms in total. The smallest absolute Gasteiger partial charge is 0.251 e. The molecule has 1 atom stereocenters. The van der Waals surface area contributed by atoms with Gasteiger partial charge in [-0.1, -0.05) is 36.4 Å². The lowest BCUT2D eigenvalue weighted by Crippen LogP contribution is -2.43. The number of carbonyl (C=O) groups is 1. The largest absolute Gasteiger partial charge is 0.383 e. The molecule has 0 spiro atoms. The van der Waals surface area contributed by atoms with Crippen LogP contribution in [-0.4, -0.2) is 18.5 Å². The Kier molecular flexibility index (Phi) is 3.19. The van der Waals surface area contributed by atoms with Crippen molar-refractivity contribution in [3.63, 3.8) is 0 Å². The number of anilines is 1. The quantitative estimate of drug-likeness (QED) is 0.862. The van der Waals surface area contributed by atoms with E-state index in [1.54, 1.807) is 0 Å². The summed E-state index contributed by atoms with van der Waals surface area (Å²) >= 11 is 0. The van der Waals surface area contributed by atoms with Crippen molar-refractivity contribution in [2.45, 2.75) is 12.5 Å². The third-order valence-electron chi connectivity index (χ3n) is 3.39. The molecule has 3 heteroatoms. The fourth-order valence-electron chi connectivity index (χ4n) is 2.40. The van der Waals surface area contributed by atoms with E-state index < -0.39 is 0 Å². The number of nitrogens with one attached hydrogen (secondary N) is 2. The summed E-state index contributed by atoms with van der Waals surface area (Å²) in [6.45, 7) is 0.773. The topological polar surface area (TPSA) is 41.1 Å². The van der Waals surface area contributed by atoms with Gasteiger partial charge in [0.05, 0.1) is 6.04 Å². The van der Waals surface area contributed by atoms with Gasteiger partial charge < -0.3 is 10.6 Å². The maximum absolute atomic E-state index is 12.1. The van der Waals surface area contributed by atoms with E-state index in [0.717, 1.165) is 13.0 Å². The van der Waals surface area contributed by atoms with Gasteiger partial charge in [-0.3, -0.25) is 4.79 Å². The second kappa shape index (κ2) is 5.14. The van der Waals surface area contributed by atoms with Gasteiger partial charge in [0.2, 0.25) is 0 Å². The van der Waals surface area contributed by atoms with Crippen LogP contribution in [0.3, 0.4) is 0 Å². The Bertz CT molecular complexity index is 580. The average molecular weight is 252 g/mol. The van der Waals surface area contributed by atoms with Crippen LogP contribution in [0, 0.1) is 0 Å². The van der Waals surface area contributed by atoms with Crippen molar-refractivity contribution in [1.29, 1.82) is 0 Å². The van der Waals surface area contributed by atoms with Gasteiger partial charge in [0.15, 0.2) is 0 Å². The number of amides is 1. The molecule has 2 aromatic carbocycles. The minimum absolute atomic E-state index is 0.00761. The first kappa shape index (κ1) is 11.8. The molecule has 1 aliphatic rings. The molecule has 0 radical (unpaired) electrons. The second-order valence-electron chi connectivity index (χ2n) is 4.78. The molecule has 1 heterocycles. The van der Waals surface area contributed by atoms with E-state index >= 15 is 0 Å². The number of para-hydroxylation sites is 1. The molecule has 19 heavy (non-hydrogen) atoms. The number of hydrogen-bond acceptors (Lipinski definition) is 2. The number of carbonyl (C=O) groups excluding carboxylic acids is 1. The summed E-state index contributed by atoms with van der Waals surface area (Å²) in [5.41, 5.74) is 3.14. The number of hydrogen-bond donors (Lipinski definition) is 2. The first-order valence-corrected chi connectivity index (χ1v) is 6.50. The summed E-state index contributed by atoms with van der Waals surface area (Å²) in [6.07, 6.45) is 0.877. The molecule has 3 rings (SSSR count). The fraction of sp³-hybridized carbons (Fsp3) is 0.188. The standard InChI is InChI=1S/C16H16N2O/c19-16(12-6-2-1-3-7-12)18-14-10-13-8-4-5-9-15(13)17-11-14/h1-9,14,17H,10-11H2,(H,18,19). The highest BCUT2D eigenvalue weighted by Crippen LogP contribution is 2.21. The lowest BCUT2D eigenvalue weighted by Gasteiger charge is -2.26. The first-order valence-electron chi connectivity index (χ1n) is 6.50. The van der Waals surface area contributed by atoms with Crippen molar-refractivity contribution >= 4 is 11.6 Å². The van der Waals surface area contributed by atoms with Gasteiger partial charge in [-0.2, -0.15) is 0 Å². The lowest BCUT2D eigenvalue weighted by molar-refractivity contribution is 0.0938. The van der Waals surface area contributed by atoms with Crippen molar-refractivity contribution in [1.82, 2.24) is 5.32 Å². The van der Waals surface area contributed by atoms with Crippen molar-refractivity contribution < 1.29 is 4.79 Å². The lowest BCUT2D eigenvalue weighted by atomic mass is 9.99. The third kappa shape index (κ3) is 2.60. The first-order chi connectivity index (χ1) is 9.33. The van der Waals surface area contributed by atoms with E-state index in [1.807, 2.05) is 42.5 Å². The zero-order valence-corrected chi connectivity index (χ0v) is 10.6. The normalized spacial score (nSPS) is 17.2. The highest BCUT2D eigenvalue weighted by molar-refractivity contribution is 5.94. The SMILES string of the molecule is O=C(NC1CNc2ccccc2C1)c1ccccc1. The Hall–Kier alpha value is -2.29. The van der Waals surface area contributed by atoms with Crippen LogP contribution in [0.2, 0.25) is 0 Å².